The number of hydrogen-bond acceptors (Lipinski definition) is 5. The summed E-state index contributed by atoms with van der Waals surface area (Å²) in [6.45, 7) is 9.28. The zero-order valence-corrected chi connectivity index (χ0v) is 16.8. The molecule has 2 rings (SSSR count). The highest BCUT2D eigenvalue weighted by Crippen LogP contribution is 2.59. The summed E-state index contributed by atoms with van der Waals surface area (Å²) >= 11 is 0. The van der Waals surface area contributed by atoms with E-state index < -0.39 is 29.7 Å². The minimum atomic E-state index is -0.974. The summed E-state index contributed by atoms with van der Waals surface area (Å²) in [5.74, 6) is -1.17. The van der Waals surface area contributed by atoms with Crippen molar-refractivity contribution in [1.82, 2.24) is 5.32 Å². The molecule has 27 heavy (non-hydrogen) atoms. The van der Waals surface area contributed by atoms with Crippen LogP contribution < -0.4 is 5.32 Å². The highest BCUT2D eigenvalue weighted by molar-refractivity contribution is 5.72. The fraction of sp³-hybridized carbons (Fsp3) is 0.750. The van der Waals surface area contributed by atoms with Gasteiger partial charge in [-0.05, 0) is 31.6 Å². The van der Waals surface area contributed by atoms with Gasteiger partial charge in [0.25, 0.3) is 6.29 Å². The lowest BCUT2D eigenvalue weighted by Gasteiger charge is -2.51. The summed E-state index contributed by atoms with van der Waals surface area (Å²) in [6.07, 6.45) is 2.25. The van der Waals surface area contributed by atoms with E-state index in [1.54, 1.807) is 27.7 Å². The number of carboxylic acid groups (broad SMARTS) is 1. The van der Waals surface area contributed by atoms with Crippen LogP contribution in [-0.4, -0.2) is 36.0 Å². The number of allylic oxidation sites excluding steroid dienone is 2. The first-order valence-corrected chi connectivity index (χ1v) is 9.58. The van der Waals surface area contributed by atoms with Crippen molar-refractivity contribution in [3.63, 3.8) is 0 Å². The van der Waals surface area contributed by atoms with Gasteiger partial charge in [-0.15, -0.1) is 0 Å². The van der Waals surface area contributed by atoms with E-state index in [1.807, 2.05) is 0 Å². The molecule has 0 aromatic carbocycles. The number of aliphatic carboxylic acids is 1. The van der Waals surface area contributed by atoms with E-state index in [2.05, 4.69) is 18.3 Å². The van der Waals surface area contributed by atoms with E-state index in [-0.39, 0.29) is 30.7 Å². The Bertz CT molecular complexity index is 626. The number of alkyl carbamates (subject to hydrolysis) is 1. The van der Waals surface area contributed by atoms with Crippen LogP contribution >= 0.6 is 0 Å². The summed E-state index contributed by atoms with van der Waals surface area (Å²) in [5, 5.41) is 12.0. The van der Waals surface area contributed by atoms with Crippen molar-refractivity contribution in [3.8, 4) is 0 Å². The van der Waals surface area contributed by atoms with Gasteiger partial charge in [0.05, 0.1) is 12.3 Å². The number of hydrogen-bond donors (Lipinski definition) is 2. The molecule has 4 atom stereocenters. The summed E-state index contributed by atoms with van der Waals surface area (Å²) < 4.78 is 10.5. The highest BCUT2D eigenvalue weighted by atomic mass is 16.7. The largest absolute Gasteiger partial charge is 0.481 e. The number of esters is 1. The van der Waals surface area contributed by atoms with Crippen LogP contribution in [0.5, 0.6) is 0 Å². The highest BCUT2D eigenvalue weighted by Gasteiger charge is 2.55. The number of carbonyl (C=O) groups is 3. The molecule has 1 fully saturated rings. The minimum Gasteiger partial charge on any atom is -0.481 e. The molecule has 0 spiro atoms. The molecule has 0 aliphatic heterocycles. The second-order valence-electron chi connectivity index (χ2n) is 8.60. The lowest BCUT2D eigenvalue weighted by Crippen LogP contribution is -2.53. The molecule has 0 bridgehead atoms. The molecule has 0 unspecified atom stereocenters. The molecule has 152 valence electrons. The molecule has 1 saturated carbocycles. The van der Waals surface area contributed by atoms with Gasteiger partial charge < -0.3 is 19.9 Å². The maximum Gasteiger partial charge on any atom is 0.410 e. The zero-order valence-electron chi connectivity index (χ0n) is 16.8. The van der Waals surface area contributed by atoms with Gasteiger partial charge in [0, 0.05) is 17.9 Å². The SMILES string of the molecule is CC1=C[C@H]2[C@H](C1)C[C@@]2(CNC(=O)O[C@@H](OC(=O)C(C)C)C(C)C)CC(=O)O. The van der Waals surface area contributed by atoms with E-state index in [0.717, 1.165) is 12.8 Å². The molecule has 7 nitrogen and oxygen atoms in total. The van der Waals surface area contributed by atoms with Gasteiger partial charge in [-0.25, -0.2) is 4.79 Å². The lowest BCUT2D eigenvalue weighted by molar-refractivity contribution is -0.179. The average Bonchev–Trinajstić information content (AvgIpc) is 2.86. The van der Waals surface area contributed by atoms with E-state index in [0.29, 0.717) is 5.92 Å². The Hall–Kier alpha value is -2.05. The van der Waals surface area contributed by atoms with Crippen LogP contribution in [0.1, 0.15) is 53.9 Å². The average molecular weight is 381 g/mol. The molecular formula is C20H31NO6. The van der Waals surface area contributed by atoms with Gasteiger partial charge in [0.15, 0.2) is 0 Å². The van der Waals surface area contributed by atoms with Crippen LogP contribution in [0, 0.1) is 29.1 Å². The third kappa shape index (κ3) is 5.02. The smallest absolute Gasteiger partial charge is 0.410 e. The molecule has 2 N–H and O–H groups in total. The molecule has 7 heteroatoms. The number of ether oxygens (including phenoxy) is 2. The minimum absolute atomic E-state index is 0.00811. The van der Waals surface area contributed by atoms with Gasteiger partial charge in [0.2, 0.25) is 0 Å². The number of fused-ring (bicyclic) bond motifs is 1. The van der Waals surface area contributed by atoms with Crippen LogP contribution in [0.25, 0.3) is 0 Å². The van der Waals surface area contributed by atoms with Crippen LogP contribution in [0.15, 0.2) is 11.6 Å². The molecule has 1 amide bonds. The topological polar surface area (TPSA) is 102 Å². The molecule has 2 aliphatic rings. The number of rotatable bonds is 8. The quantitative estimate of drug-likeness (QED) is 0.380. The van der Waals surface area contributed by atoms with Crippen LogP contribution in [-0.2, 0) is 19.1 Å². The summed E-state index contributed by atoms with van der Waals surface area (Å²) in [5.41, 5.74) is 0.801. The predicted molar refractivity (Wildman–Crippen MR) is 98.7 cm³/mol. The molecule has 0 radical (unpaired) electrons. The van der Waals surface area contributed by atoms with Crippen molar-refractivity contribution in [2.24, 2.45) is 29.1 Å². The molecule has 0 heterocycles. The van der Waals surface area contributed by atoms with Crippen LogP contribution in [0.4, 0.5) is 4.79 Å². The van der Waals surface area contributed by atoms with Crippen molar-refractivity contribution < 1.29 is 29.0 Å². The maximum absolute atomic E-state index is 12.3. The first-order chi connectivity index (χ1) is 12.5. The summed E-state index contributed by atoms with van der Waals surface area (Å²) in [6, 6.07) is 0. The van der Waals surface area contributed by atoms with Crippen molar-refractivity contribution in [2.75, 3.05) is 6.54 Å². The Morgan fingerprint density at radius 1 is 1.26 bits per heavy atom. The normalized spacial score (nSPS) is 27.4. The number of amides is 1. The first kappa shape index (κ1) is 21.3. The Morgan fingerprint density at radius 3 is 2.44 bits per heavy atom. The van der Waals surface area contributed by atoms with E-state index >= 15 is 0 Å². The van der Waals surface area contributed by atoms with Crippen molar-refractivity contribution in [2.45, 2.75) is 60.2 Å². The van der Waals surface area contributed by atoms with Crippen LogP contribution in [0.3, 0.4) is 0 Å². The Kier molecular flexibility index (Phi) is 6.54. The fourth-order valence-electron chi connectivity index (χ4n) is 4.11. The van der Waals surface area contributed by atoms with Gasteiger partial charge in [-0.2, -0.15) is 0 Å². The molecule has 2 aliphatic carbocycles. The van der Waals surface area contributed by atoms with Crippen molar-refractivity contribution >= 4 is 18.0 Å². The van der Waals surface area contributed by atoms with Gasteiger partial charge in [0.1, 0.15) is 0 Å². The van der Waals surface area contributed by atoms with Crippen molar-refractivity contribution in [1.29, 1.82) is 0 Å². The molecule has 0 aromatic rings. The van der Waals surface area contributed by atoms with Gasteiger partial charge in [-0.1, -0.05) is 39.3 Å². The van der Waals surface area contributed by atoms with Gasteiger partial charge >= 0.3 is 18.0 Å². The molecule has 0 saturated heterocycles. The third-order valence-electron chi connectivity index (χ3n) is 5.49. The monoisotopic (exact) mass is 381 g/mol. The Balaban J connectivity index is 1.95. The van der Waals surface area contributed by atoms with Crippen molar-refractivity contribution in [3.05, 3.63) is 11.6 Å². The van der Waals surface area contributed by atoms with Crippen LogP contribution in [0.2, 0.25) is 0 Å². The lowest BCUT2D eigenvalue weighted by atomic mass is 9.53. The number of nitrogens with one attached hydrogen (secondary N) is 1. The zero-order chi connectivity index (χ0) is 20.4. The van der Waals surface area contributed by atoms with E-state index in [4.69, 9.17) is 9.47 Å². The number of carbonyl (C=O) groups excluding carboxylic acids is 2. The third-order valence-corrected chi connectivity index (χ3v) is 5.49. The predicted octanol–water partition coefficient (Wildman–Crippen LogP) is 3.34. The summed E-state index contributed by atoms with van der Waals surface area (Å²) in [7, 11) is 0. The first-order valence-electron chi connectivity index (χ1n) is 9.58. The second kappa shape index (κ2) is 8.31. The maximum atomic E-state index is 12.3. The Morgan fingerprint density at radius 2 is 1.93 bits per heavy atom. The van der Waals surface area contributed by atoms with E-state index in [9.17, 15) is 19.5 Å². The fourth-order valence-corrected chi connectivity index (χ4v) is 4.11. The standard InChI is InChI=1S/C20H31NO6/c1-11(2)17(24)26-18(12(3)4)27-19(25)21-10-20(9-16(22)23)8-14-6-13(5)7-15(14)20/h7,11-12,14-15,18H,6,8-10H2,1-5H3,(H,21,25)(H,22,23)/t14-,15+,18-,20+/m1/s1. The summed E-state index contributed by atoms with van der Waals surface area (Å²) in [4.78, 5) is 35.4. The molecule has 0 aromatic heterocycles. The second-order valence-corrected chi connectivity index (χ2v) is 8.60. The van der Waals surface area contributed by atoms with Gasteiger partial charge in [-0.3, -0.25) is 9.59 Å². The Labute approximate surface area is 160 Å². The number of carboxylic acids is 1. The molecular weight excluding hydrogens is 350 g/mol. The van der Waals surface area contributed by atoms with E-state index in [1.165, 1.54) is 5.57 Å².